The average molecular weight is 448 g/mol. The highest BCUT2D eigenvalue weighted by atomic mass is 79.9. The van der Waals surface area contributed by atoms with Crippen LogP contribution in [0.3, 0.4) is 0 Å². The highest BCUT2D eigenvalue weighted by Gasteiger charge is 2.27. The normalized spacial score (nSPS) is 11.5. The minimum Gasteiger partial charge on any atom is -0.355 e. The van der Waals surface area contributed by atoms with Crippen molar-refractivity contribution in [3.05, 3.63) is 74.2 Å². The van der Waals surface area contributed by atoms with Crippen LogP contribution in [0.25, 0.3) is 0 Å². The highest BCUT2D eigenvalue weighted by molar-refractivity contribution is 9.10. The molecular weight excluding hydrogens is 426 g/mol. The Labute approximate surface area is 172 Å². The first-order valence-electron chi connectivity index (χ1n) is 8.87. The molecule has 0 aliphatic heterocycles. The van der Waals surface area contributed by atoms with Gasteiger partial charge in [-0.25, -0.2) is 0 Å². The van der Waals surface area contributed by atoms with Gasteiger partial charge in [0.1, 0.15) is 6.04 Å². The standard InChI is InChI=1S/C20H22BrN3O4/c1-3-22-20(26)14(2)23(13-15-8-10-17(21)11-9-15)19(25)12-16-6-4-5-7-18(16)24(27)28/h4-11,14H,3,12-13H2,1-2H3,(H,22,26)/t14-/m1/s1. The summed E-state index contributed by atoms with van der Waals surface area (Å²) < 4.78 is 0.908. The third-order valence-corrected chi connectivity index (χ3v) is 4.84. The molecule has 2 amide bonds. The lowest BCUT2D eigenvalue weighted by Gasteiger charge is -2.28. The summed E-state index contributed by atoms with van der Waals surface area (Å²) >= 11 is 3.37. The first-order valence-corrected chi connectivity index (χ1v) is 9.66. The summed E-state index contributed by atoms with van der Waals surface area (Å²) in [5.41, 5.74) is 1.07. The van der Waals surface area contributed by atoms with Crippen LogP contribution in [0, 0.1) is 10.1 Å². The molecule has 0 heterocycles. The predicted molar refractivity (Wildman–Crippen MR) is 110 cm³/mol. The number of carbonyl (C=O) groups excluding carboxylic acids is 2. The Balaban J connectivity index is 2.29. The molecule has 0 aromatic heterocycles. The van der Waals surface area contributed by atoms with Crippen LogP contribution in [0.4, 0.5) is 5.69 Å². The second kappa shape index (κ2) is 9.98. The Hall–Kier alpha value is -2.74. The lowest BCUT2D eigenvalue weighted by atomic mass is 10.1. The molecule has 0 radical (unpaired) electrons. The summed E-state index contributed by atoms with van der Waals surface area (Å²) in [5.74, 6) is -0.619. The number of halogens is 1. The third kappa shape index (κ3) is 5.63. The van der Waals surface area contributed by atoms with Crippen molar-refractivity contribution in [3.63, 3.8) is 0 Å². The Morgan fingerprint density at radius 1 is 1.18 bits per heavy atom. The maximum absolute atomic E-state index is 13.0. The number of nitrogens with zero attached hydrogens (tertiary/aromatic N) is 2. The van der Waals surface area contributed by atoms with Crippen LogP contribution in [-0.2, 0) is 22.6 Å². The van der Waals surface area contributed by atoms with Crippen LogP contribution >= 0.6 is 15.9 Å². The number of likely N-dealkylation sites (N-methyl/N-ethyl adjacent to an activating group) is 1. The highest BCUT2D eigenvalue weighted by Crippen LogP contribution is 2.21. The van der Waals surface area contributed by atoms with E-state index in [0.717, 1.165) is 10.0 Å². The molecule has 2 aromatic rings. The molecule has 0 bridgehead atoms. The molecule has 1 N–H and O–H groups in total. The van der Waals surface area contributed by atoms with Gasteiger partial charge in [-0.1, -0.05) is 46.3 Å². The van der Waals surface area contributed by atoms with Crippen molar-refractivity contribution in [1.29, 1.82) is 0 Å². The molecule has 0 fully saturated rings. The zero-order valence-electron chi connectivity index (χ0n) is 15.7. The number of nitrogens with one attached hydrogen (secondary N) is 1. The van der Waals surface area contributed by atoms with Crippen LogP contribution in [0.2, 0.25) is 0 Å². The average Bonchev–Trinajstić information content (AvgIpc) is 2.67. The molecule has 8 heteroatoms. The topological polar surface area (TPSA) is 92.6 Å². The first-order chi connectivity index (χ1) is 13.3. The SMILES string of the molecule is CCNC(=O)[C@@H](C)N(Cc1ccc(Br)cc1)C(=O)Cc1ccccc1[N+](=O)[O-]. The largest absolute Gasteiger partial charge is 0.355 e. The minimum absolute atomic E-state index is 0.106. The summed E-state index contributed by atoms with van der Waals surface area (Å²) in [6, 6.07) is 12.9. The van der Waals surface area contributed by atoms with Gasteiger partial charge in [0.25, 0.3) is 5.69 Å². The molecular formula is C20H22BrN3O4. The van der Waals surface area contributed by atoms with Crippen molar-refractivity contribution in [2.45, 2.75) is 32.9 Å². The molecule has 1 atom stereocenters. The van der Waals surface area contributed by atoms with Gasteiger partial charge in [0, 0.05) is 29.2 Å². The first kappa shape index (κ1) is 21.6. The molecule has 28 heavy (non-hydrogen) atoms. The van der Waals surface area contributed by atoms with Crippen LogP contribution in [-0.4, -0.2) is 34.2 Å². The van der Waals surface area contributed by atoms with E-state index in [0.29, 0.717) is 12.1 Å². The number of nitro groups is 1. The number of benzene rings is 2. The van der Waals surface area contributed by atoms with E-state index < -0.39 is 11.0 Å². The number of carbonyl (C=O) groups is 2. The van der Waals surface area contributed by atoms with Gasteiger partial charge < -0.3 is 10.2 Å². The molecule has 2 aromatic carbocycles. The van der Waals surface area contributed by atoms with Crippen LogP contribution in [0.5, 0.6) is 0 Å². The Morgan fingerprint density at radius 2 is 1.82 bits per heavy atom. The fraction of sp³-hybridized carbons (Fsp3) is 0.300. The monoisotopic (exact) mass is 447 g/mol. The summed E-state index contributed by atoms with van der Waals surface area (Å²) in [6.07, 6.45) is -0.155. The lowest BCUT2D eigenvalue weighted by Crippen LogP contribution is -2.48. The quantitative estimate of drug-likeness (QED) is 0.495. The Morgan fingerprint density at radius 3 is 2.43 bits per heavy atom. The maximum Gasteiger partial charge on any atom is 0.273 e. The number of para-hydroxylation sites is 1. The van der Waals surface area contributed by atoms with Gasteiger partial charge in [-0.2, -0.15) is 0 Å². The molecule has 7 nitrogen and oxygen atoms in total. The van der Waals surface area contributed by atoms with E-state index in [-0.39, 0.29) is 30.5 Å². The molecule has 0 unspecified atom stereocenters. The van der Waals surface area contributed by atoms with E-state index in [9.17, 15) is 19.7 Å². The van der Waals surface area contributed by atoms with Crippen LogP contribution in [0.15, 0.2) is 53.0 Å². The summed E-state index contributed by atoms with van der Waals surface area (Å²) in [4.78, 5) is 37.5. The summed E-state index contributed by atoms with van der Waals surface area (Å²) in [5, 5.41) is 14.0. The summed E-state index contributed by atoms with van der Waals surface area (Å²) in [6.45, 7) is 4.14. The van der Waals surface area contributed by atoms with E-state index in [1.54, 1.807) is 32.0 Å². The lowest BCUT2D eigenvalue weighted by molar-refractivity contribution is -0.385. The minimum atomic E-state index is -0.709. The molecule has 148 valence electrons. The van der Waals surface area contributed by atoms with Crippen molar-refractivity contribution in [2.24, 2.45) is 0 Å². The van der Waals surface area contributed by atoms with Gasteiger partial charge in [0.05, 0.1) is 11.3 Å². The van der Waals surface area contributed by atoms with E-state index in [2.05, 4.69) is 21.2 Å². The molecule has 0 saturated carbocycles. The second-order valence-corrected chi connectivity index (χ2v) is 7.20. The van der Waals surface area contributed by atoms with Gasteiger partial charge in [-0.05, 0) is 31.5 Å². The zero-order valence-corrected chi connectivity index (χ0v) is 17.3. The van der Waals surface area contributed by atoms with E-state index in [1.165, 1.54) is 11.0 Å². The fourth-order valence-corrected chi connectivity index (χ4v) is 3.06. The van der Waals surface area contributed by atoms with Gasteiger partial charge in [-0.3, -0.25) is 19.7 Å². The van der Waals surface area contributed by atoms with E-state index >= 15 is 0 Å². The number of nitro benzene ring substituents is 1. The van der Waals surface area contributed by atoms with Crippen molar-refractivity contribution >= 4 is 33.4 Å². The number of hydrogen-bond acceptors (Lipinski definition) is 4. The van der Waals surface area contributed by atoms with Crippen molar-refractivity contribution in [1.82, 2.24) is 10.2 Å². The van der Waals surface area contributed by atoms with Crippen LogP contribution in [0.1, 0.15) is 25.0 Å². The second-order valence-electron chi connectivity index (χ2n) is 6.28. The molecule has 2 rings (SSSR count). The van der Waals surface area contributed by atoms with E-state index in [4.69, 9.17) is 0 Å². The van der Waals surface area contributed by atoms with Crippen LogP contribution < -0.4 is 5.32 Å². The predicted octanol–water partition coefficient (Wildman–Crippen LogP) is 3.45. The number of rotatable bonds is 8. The molecule has 0 aliphatic carbocycles. The Kier molecular flexibility index (Phi) is 7.69. The smallest absolute Gasteiger partial charge is 0.273 e. The van der Waals surface area contributed by atoms with Gasteiger partial charge in [-0.15, -0.1) is 0 Å². The summed E-state index contributed by atoms with van der Waals surface area (Å²) in [7, 11) is 0. The van der Waals surface area contributed by atoms with Crippen molar-refractivity contribution < 1.29 is 14.5 Å². The zero-order chi connectivity index (χ0) is 20.7. The van der Waals surface area contributed by atoms with Gasteiger partial charge in [0.2, 0.25) is 11.8 Å². The molecule has 0 aliphatic rings. The van der Waals surface area contributed by atoms with Crippen molar-refractivity contribution in [3.8, 4) is 0 Å². The van der Waals surface area contributed by atoms with E-state index in [1.807, 2.05) is 24.3 Å². The molecule has 0 spiro atoms. The third-order valence-electron chi connectivity index (χ3n) is 4.31. The maximum atomic E-state index is 13.0. The van der Waals surface area contributed by atoms with Crippen molar-refractivity contribution in [2.75, 3.05) is 6.54 Å². The Bertz CT molecular complexity index is 855. The number of hydrogen-bond donors (Lipinski definition) is 1. The van der Waals surface area contributed by atoms with Gasteiger partial charge >= 0.3 is 0 Å². The molecule has 0 saturated heterocycles. The number of amides is 2. The fourth-order valence-electron chi connectivity index (χ4n) is 2.79. The van der Waals surface area contributed by atoms with Gasteiger partial charge in [0.15, 0.2) is 0 Å².